The lowest BCUT2D eigenvalue weighted by Crippen LogP contribution is -2.00. The molecule has 2 heteroatoms. The highest BCUT2D eigenvalue weighted by molar-refractivity contribution is 5.87. The van der Waals surface area contributed by atoms with Crippen molar-refractivity contribution >= 4 is 22.7 Å². The molecular weight excluding hydrogens is 268 g/mol. The smallest absolute Gasteiger partial charge is 0.0636 e. The normalized spacial score (nSPS) is 16.0. The van der Waals surface area contributed by atoms with Crippen LogP contribution in [-0.4, -0.2) is 10.8 Å². The van der Waals surface area contributed by atoms with Gasteiger partial charge in [-0.1, -0.05) is 43.2 Å². The Morgan fingerprint density at radius 2 is 1.77 bits per heavy atom. The van der Waals surface area contributed by atoms with Gasteiger partial charge in [-0.25, -0.2) is 0 Å². The van der Waals surface area contributed by atoms with Gasteiger partial charge in [0.2, 0.25) is 0 Å². The molecule has 0 radical (unpaired) electrons. The maximum atomic E-state index is 4.63. The van der Waals surface area contributed by atoms with E-state index < -0.39 is 0 Å². The Balaban J connectivity index is 1.55. The van der Waals surface area contributed by atoms with E-state index in [2.05, 4.69) is 70.5 Å². The molecule has 22 heavy (non-hydrogen) atoms. The third-order valence-corrected chi connectivity index (χ3v) is 4.58. The van der Waals surface area contributed by atoms with Crippen LogP contribution in [0.1, 0.15) is 37.3 Å². The average molecular weight is 288 g/mol. The van der Waals surface area contributed by atoms with Gasteiger partial charge < -0.3 is 4.57 Å². The average Bonchev–Trinajstić information content (AvgIpc) is 3.24. The van der Waals surface area contributed by atoms with Gasteiger partial charge in [0.15, 0.2) is 0 Å². The van der Waals surface area contributed by atoms with Crippen LogP contribution in [0.4, 0.5) is 5.69 Å². The molecule has 0 unspecified atom stereocenters. The maximum absolute atomic E-state index is 4.63. The summed E-state index contributed by atoms with van der Waals surface area (Å²) in [7, 11) is 0. The van der Waals surface area contributed by atoms with Crippen molar-refractivity contribution in [1.29, 1.82) is 0 Å². The number of nitrogens with zero attached hydrogens (tertiary/aromatic N) is 2. The quantitative estimate of drug-likeness (QED) is 0.566. The van der Waals surface area contributed by atoms with Gasteiger partial charge in [0.1, 0.15) is 0 Å². The Morgan fingerprint density at radius 1 is 0.955 bits per heavy atom. The number of rotatable bonds is 3. The molecule has 2 nitrogen and oxygen atoms in total. The monoisotopic (exact) mass is 288 g/mol. The first-order valence-electron chi connectivity index (χ1n) is 8.09. The minimum atomic E-state index is 0.697. The van der Waals surface area contributed by atoms with Gasteiger partial charge in [-0.05, 0) is 41.8 Å². The number of hydrogen-bond donors (Lipinski definition) is 0. The van der Waals surface area contributed by atoms with Crippen molar-refractivity contribution < 1.29 is 0 Å². The first-order chi connectivity index (χ1) is 10.9. The van der Waals surface area contributed by atoms with E-state index in [0.717, 1.165) is 5.69 Å². The van der Waals surface area contributed by atoms with Gasteiger partial charge >= 0.3 is 0 Å². The number of aromatic nitrogens is 1. The van der Waals surface area contributed by atoms with Crippen LogP contribution >= 0.6 is 0 Å². The minimum absolute atomic E-state index is 0.697. The molecule has 4 rings (SSSR count). The van der Waals surface area contributed by atoms with Crippen LogP contribution < -0.4 is 0 Å². The predicted molar refractivity (Wildman–Crippen MR) is 93.1 cm³/mol. The molecule has 1 fully saturated rings. The standard InChI is InChI=1S/C20H20N2/c1-2-6-18-13-19(10-9-17(18)5-1)21-14-16-11-12-22(15-16)20-7-3-4-8-20/h1-2,5-6,9-15,20H,3-4,7-8H2. The fraction of sp³-hybridized carbons (Fsp3) is 0.250. The van der Waals surface area contributed by atoms with Gasteiger partial charge in [-0.3, -0.25) is 4.99 Å². The van der Waals surface area contributed by atoms with Crippen LogP contribution in [0.3, 0.4) is 0 Å². The molecule has 1 aliphatic rings. The fourth-order valence-electron chi connectivity index (χ4n) is 3.34. The minimum Gasteiger partial charge on any atom is -0.351 e. The van der Waals surface area contributed by atoms with Crippen molar-refractivity contribution in [2.24, 2.45) is 4.99 Å². The zero-order valence-electron chi connectivity index (χ0n) is 12.7. The molecule has 0 atom stereocenters. The van der Waals surface area contributed by atoms with Crippen LogP contribution in [0.2, 0.25) is 0 Å². The highest BCUT2D eigenvalue weighted by atomic mass is 15.0. The van der Waals surface area contributed by atoms with Gasteiger partial charge in [-0.15, -0.1) is 0 Å². The second-order valence-corrected chi connectivity index (χ2v) is 6.12. The van der Waals surface area contributed by atoms with Gasteiger partial charge in [0, 0.05) is 30.2 Å². The molecule has 2 aromatic carbocycles. The van der Waals surface area contributed by atoms with Crippen LogP contribution in [0.5, 0.6) is 0 Å². The molecule has 3 aromatic rings. The second-order valence-electron chi connectivity index (χ2n) is 6.12. The van der Waals surface area contributed by atoms with E-state index in [1.54, 1.807) is 0 Å². The van der Waals surface area contributed by atoms with Gasteiger partial charge in [0.25, 0.3) is 0 Å². The molecular formula is C20H20N2. The van der Waals surface area contributed by atoms with Crippen molar-refractivity contribution in [3.8, 4) is 0 Å². The molecule has 0 N–H and O–H groups in total. The predicted octanol–water partition coefficient (Wildman–Crippen LogP) is 5.51. The third-order valence-electron chi connectivity index (χ3n) is 4.58. The Hall–Kier alpha value is -2.35. The molecule has 0 saturated heterocycles. The lowest BCUT2D eigenvalue weighted by molar-refractivity contribution is 0.521. The van der Waals surface area contributed by atoms with E-state index in [9.17, 15) is 0 Å². The van der Waals surface area contributed by atoms with Crippen LogP contribution in [0.15, 0.2) is 65.9 Å². The summed E-state index contributed by atoms with van der Waals surface area (Å²) in [4.78, 5) is 4.63. The maximum Gasteiger partial charge on any atom is 0.0636 e. The molecule has 110 valence electrons. The lowest BCUT2D eigenvalue weighted by atomic mass is 10.1. The molecule has 1 aromatic heterocycles. The molecule has 0 aliphatic heterocycles. The summed E-state index contributed by atoms with van der Waals surface area (Å²) in [6.07, 6.45) is 11.7. The number of benzene rings is 2. The fourth-order valence-corrected chi connectivity index (χ4v) is 3.34. The van der Waals surface area contributed by atoms with Gasteiger partial charge in [-0.2, -0.15) is 0 Å². The van der Waals surface area contributed by atoms with Crippen LogP contribution in [0.25, 0.3) is 10.8 Å². The van der Waals surface area contributed by atoms with Crippen LogP contribution in [0, 0.1) is 0 Å². The van der Waals surface area contributed by atoms with E-state index in [-0.39, 0.29) is 0 Å². The molecule has 0 spiro atoms. The molecule has 0 bridgehead atoms. The number of hydrogen-bond acceptors (Lipinski definition) is 1. The van der Waals surface area contributed by atoms with E-state index in [0.29, 0.717) is 6.04 Å². The van der Waals surface area contributed by atoms with E-state index in [1.807, 2.05) is 6.21 Å². The number of aliphatic imine (C=N–C) groups is 1. The van der Waals surface area contributed by atoms with E-state index >= 15 is 0 Å². The Bertz CT molecular complexity index is 807. The first kappa shape index (κ1) is 13.3. The highest BCUT2D eigenvalue weighted by Crippen LogP contribution is 2.29. The zero-order valence-corrected chi connectivity index (χ0v) is 12.7. The summed E-state index contributed by atoms with van der Waals surface area (Å²) >= 11 is 0. The summed E-state index contributed by atoms with van der Waals surface area (Å²) < 4.78 is 2.36. The van der Waals surface area contributed by atoms with Crippen molar-refractivity contribution in [2.45, 2.75) is 31.7 Å². The molecule has 1 heterocycles. The molecule has 1 aliphatic carbocycles. The van der Waals surface area contributed by atoms with Crippen molar-refractivity contribution in [3.05, 3.63) is 66.5 Å². The Morgan fingerprint density at radius 3 is 2.64 bits per heavy atom. The zero-order chi connectivity index (χ0) is 14.8. The Kier molecular flexibility index (Phi) is 3.51. The largest absolute Gasteiger partial charge is 0.351 e. The lowest BCUT2D eigenvalue weighted by Gasteiger charge is -2.10. The van der Waals surface area contributed by atoms with E-state index in [4.69, 9.17) is 0 Å². The second kappa shape index (κ2) is 5.80. The summed E-state index contributed by atoms with van der Waals surface area (Å²) in [6, 6.07) is 17.6. The van der Waals surface area contributed by atoms with Gasteiger partial charge in [0.05, 0.1) is 5.69 Å². The summed E-state index contributed by atoms with van der Waals surface area (Å²) in [6.45, 7) is 0. The topological polar surface area (TPSA) is 17.3 Å². The Labute approximate surface area is 131 Å². The van der Waals surface area contributed by atoms with Crippen molar-refractivity contribution in [3.63, 3.8) is 0 Å². The SMILES string of the molecule is C(=Nc1ccc2ccccc2c1)c1ccn(C2CCCC2)c1. The first-order valence-corrected chi connectivity index (χ1v) is 8.09. The van der Waals surface area contributed by atoms with Crippen LogP contribution in [-0.2, 0) is 0 Å². The van der Waals surface area contributed by atoms with Crippen molar-refractivity contribution in [1.82, 2.24) is 4.57 Å². The van der Waals surface area contributed by atoms with Crippen molar-refractivity contribution in [2.75, 3.05) is 0 Å². The summed E-state index contributed by atoms with van der Waals surface area (Å²) in [5.74, 6) is 0. The molecule has 0 amide bonds. The summed E-state index contributed by atoms with van der Waals surface area (Å²) in [5, 5.41) is 2.49. The molecule has 1 saturated carbocycles. The highest BCUT2D eigenvalue weighted by Gasteiger charge is 2.15. The van der Waals surface area contributed by atoms with E-state index in [1.165, 1.54) is 42.0 Å². The summed E-state index contributed by atoms with van der Waals surface area (Å²) in [5.41, 5.74) is 2.19. The number of fused-ring (bicyclic) bond motifs is 1. The third kappa shape index (κ3) is 2.69.